The molecule has 3 nitrogen and oxygen atoms in total. The molecule has 0 N–H and O–H groups in total. The highest BCUT2D eigenvalue weighted by Crippen LogP contribution is 2.26. The Hall–Kier alpha value is -2.76. The topological polar surface area (TPSA) is 33.2 Å². The van der Waals surface area contributed by atoms with Gasteiger partial charge in [-0.25, -0.2) is 4.98 Å². The minimum absolute atomic E-state index is 0.118. The fraction of sp³-hybridized carbons (Fsp3) is 0.167. The highest BCUT2D eigenvalue weighted by Gasteiger charge is 2.17. The van der Waals surface area contributed by atoms with Gasteiger partial charge in [-0.15, -0.1) is 11.3 Å². The number of nitrogens with zero attached hydrogens (tertiary/aromatic N) is 2. The molecule has 0 unspecified atom stereocenters. The molecule has 0 fully saturated rings. The van der Waals surface area contributed by atoms with Crippen LogP contribution in [0.5, 0.6) is 0 Å². The first-order valence-electron chi connectivity index (χ1n) is 9.60. The van der Waals surface area contributed by atoms with Gasteiger partial charge in [0.15, 0.2) is 0 Å². The number of carbonyl (C=O) groups excluding carboxylic acids is 1. The summed E-state index contributed by atoms with van der Waals surface area (Å²) in [4.78, 5) is 19.8. The lowest BCUT2D eigenvalue weighted by molar-refractivity contribution is -0.131. The van der Waals surface area contributed by atoms with Gasteiger partial charge in [0.25, 0.3) is 0 Å². The minimum Gasteiger partial charge on any atom is -0.338 e. The Morgan fingerprint density at radius 1 is 0.897 bits per heavy atom. The number of aromatic nitrogens is 1. The summed E-state index contributed by atoms with van der Waals surface area (Å²) in [6.07, 6.45) is 1.18. The lowest BCUT2D eigenvalue weighted by Crippen LogP contribution is -2.33. The standard InChI is InChI=1S/C24H22N2OS2/c27-23(15-22-18-29-24(25-22)21-12-14-28-17-21)26(16-20-9-5-2-6-10-20)13-11-19-7-3-1-4-8-19/h1-10,12,14,17-18H,11,13,15-16H2. The van der Waals surface area contributed by atoms with Crippen molar-refractivity contribution in [3.8, 4) is 10.6 Å². The van der Waals surface area contributed by atoms with Crippen LogP contribution in [-0.4, -0.2) is 22.3 Å². The molecule has 0 aliphatic rings. The largest absolute Gasteiger partial charge is 0.338 e. The fourth-order valence-corrected chi connectivity index (χ4v) is 4.71. The Morgan fingerprint density at radius 2 is 1.62 bits per heavy atom. The molecule has 146 valence electrons. The van der Waals surface area contributed by atoms with E-state index in [1.54, 1.807) is 22.7 Å². The predicted octanol–water partition coefficient (Wildman–Crippen LogP) is 5.69. The Labute approximate surface area is 179 Å². The van der Waals surface area contributed by atoms with Crippen molar-refractivity contribution in [1.29, 1.82) is 0 Å². The van der Waals surface area contributed by atoms with Crippen LogP contribution in [-0.2, 0) is 24.2 Å². The van der Waals surface area contributed by atoms with Crippen LogP contribution in [0.4, 0.5) is 0 Å². The van der Waals surface area contributed by atoms with Gasteiger partial charge in [-0.3, -0.25) is 4.79 Å². The van der Waals surface area contributed by atoms with E-state index in [1.807, 2.05) is 52.1 Å². The molecule has 29 heavy (non-hydrogen) atoms. The second-order valence-corrected chi connectivity index (χ2v) is 8.51. The van der Waals surface area contributed by atoms with Gasteiger partial charge in [0, 0.05) is 29.4 Å². The molecule has 2 aromatic carbocycles. The third-order valence-corrected chi connectivity index (χ3v) is 6.36. The van der Waals surface area contributed by atoms with Crippen LogP contribution < -0.4 is 0 Å². The molecule has 0 spiro atoms. The lowest BCUT2D eigenvalue weighted by Gasteiger charge is -2.23. The molecule has 0 radical (unpaired) electrons. The number of amides is 1. The van der Waals surface area contributed by atoms with Gasteiger partial charge in [-0.05, 0) is 29.0 Å². The number of rotatable bonds is 8. The number of thiophene rings is 1. The Bertz CT molecular complexity index is 1030. The van der Waals surface area contributed by atoms with E-state index >= 15 is 0 Å². The predicted molar refractivity (Wildman–Crippen MR) is 121 cm³/mol. The van der Waals surface area contributed by atoms with Crippen LogP contribution in [0, 0.1) is 0 Å². The zero-order valence-electron chi connectivity index (χ0n) is 16.0. The summed E-state index contributed by atoms with van der Waals surface area (Å²) in [7, 11) is 0. The molecular weight excluding hydrogens is 396 g/mol. The van der Waals surface area contributed by atoms with Gasteiger partial charge >= 0.3 is 0 Å². The van der Waals surface area contributed by atoms with E-state index in [-0.39, 0.29) is 5.91 Å². The molecule has 2 heterocycles. The van der Waals surface area contributed by atoms with Crippen molar-refractivity contribution in [3.05, 3.63) is 99.7 Å². The summed E-state index contributed by atoms with van der Waals surface area (Å²) in [6, 6.07) is 22.6. The quantitative estimate of drug-likeness (QED) is 0.368. The average molecular weight is 419 g/mol. The van der Waals surface area contributed by atoms with E-state index in [2.05, 4.69) is 40.7 Å². The van der Waals surface area contributed by atoms with Gasteiger partial charge in [-0.1, -0.05) is 60.7 Å². The summed E-state index contributed by atoms with van der Waals surface area (Å²) in [5, 5.41) is 7.12. The normalized spacial score (nSPS) is 10.8. The SMILES string of the molecule is O=C(Cc1csc(-c2ccsc2)n1)N(CCc1ccccc1)Cc1ccccc1. The van der Waals surface area contributed by atoms with Gasteiger partial charge in [0.05, 0.1) is 12.1 Å². The molecule has 4 aromatic rings. The van der Waals surface area contributed by atoms with E-state index in [0.717, 1.165) is 28.2 Å². The van der Waals surface area contributed by atoms with Crippen molar-refractivity contribution in [3.63, 3.8) is 0 Å². The molecular formula is C24H22N2OS2. The van der Waals surface area contributed by atoms with E-state index in [0.29, 0.717) is 19.5 Å². The first-order valence-corrected chi connectivity index (χ1v) is 11.4. The monoisotopic (exact) mass is 418 g/mol. The molecule has 5 heteroatoms. The maximum Gasteiger partial charge on any atom is 0.228 e. The van der Waals surface area contributed by atoms with Gasteiger partial charge in [0.2, 0.25) is 5.91 Å². The zero-order valence-corrected chi connectivity index (χ0v) is 17.7. The van der Waals surface area contributed by atoms with Crippen molar-refractivity contribution < 1.29 is 4.79 Å². The molecule has 0 bridgehead atoms. The van der Waals surface area contributed by atoms with Gasteiger partial charge in [0.1, 0.15) is 5.01 Å². The molecule has 0 atom stereocenters. The van der Waals surface area contributed by atoms with Crippen LogP contribution in [0.3, 0.4) is 0 Å². The Balaban J connectivity index is 1.46. The Morgan fingerprint density at radius 3 is 2.31 bits per heavy atom. The van der Waals surface area contributed by atoms with Gasteiger partial charge < -0.3 is 4.90 Å². The molecule has 4 rings (SSSR count). The number of benzene rings is 2. The van der Waals surface area contributed by atoms with Crippen LogP contribution in [0.2, 0.25) is 0 Å². The average Bonchev–Trinajstić information content (AvgIpc) is 3.44. The number of hydrogen-bond donors (Lipinski definition) is 0. The second kappa shape index (κ2) is 9.63. The maximum atomic E-state index is 13.1. The van der Waals surface area contributed by atoms with Crippen LogP contribution in [0.1, 0.15) is 16.8 Å². The van der Waals surface area contributed by atoms with Crippen LogP contribution in [0.15, 0.2) is 82.9 Å². The number of carbonyl (C=O) groups is 1. The van der Waals surface area contributed by atoms with Gasteiger partial charge in [-0.2, -0.15) is 11.3 Å². The van der Waals surface area contributed by atoms with Crippen molar-refractivity contribution in [2.75, 3.05) is 6.54 Å². The van der Waals surface area contributed by atoms with E-state index < -0.39 is 0 Å². The summed E-state index contributed by atoms with van der Waals surface area (Å²) < 4.78 is 0. The first-order chi connectivity index (χ1) is 14.3. The molecule has 0 aliphatic carbocycles. The van der Waals surface area contributed by atoms with E-state index in [4.69, 9.17) is 0 Å². The van der Waals surface area contributed by atoms with Crippen molar-refractivity contribution in [1.82, 2.24) is 9.88 Å². The third kappa shape index (κ3) is 5.40. The second-order valence-electron chi connectivity index (χ2n) is 6.87. The minimum atomic E-state index is 0.118. The van der Waals surface area contributed by atoms with Crippen molar-refractivity contribution in [2.24, 2.45) is 0 Å². The summed E-state index contributed by atoms with van der Waals surface area (Å²) in [5.74, 6) is 0.118. The van der Waals surface area contributed by atoms with Crippen LogP contribution in [0.25, 0.3) is 10.6 Å². The number of thiazole rings is 1. The molecule has 2 aromatic heterocycles. The summed E-state index contributed by atoms with van der Waals surface area (Å²) >= 11 is 3.26. The smallest absolute Gasteiger partial charge is 0.228 e. The lowest BCUT2D eigenvalue weighted by atomic mass is 10.1. The molecule has 0 saturated carbocycles. The highest BCUT2D eigenvalue weighted by molar-refractivity contribution is 7.14. The van der Waals surface area contributed by atoms with Crippen LogP contribution >= 0.6 is 22.7 Å². The van der Waals surface area contributed by atoms with Crippen molar-refractivity contribution in [2.45, 2.75) is 19.4 Å². The molecule has 0 saturated heterocycles. The molecule has 0 aliphatic heterocycles. The number of hydrogen-bond acceptors (Lipinski definition) is 4. The Kier molecular flexibility index (Phi) is 6.49. The van der Waals surface area contributed by atoms with E-state index in [9.17, 15) is 4.79 Å². The maximum absolute atomic E-state index is 13.1. The highest BCUT2D eigenvalue weighted by atomic mass is 32.1. The van der Waals surface area contributed by atoms with E-state index in [1.165, 1.54) is 5.56 Å². The summed E-state index contributed by atoms with van der Waals surface area (Å²) in [5.41, 5.74) is 4.36. The van der Waals surface area contributed by atoms with Crippen molar-refractivity contribution >= 4 is 28.6 Å². The fourth-order valence-electron chi connectivity index (χ4n) is 3.18. The summed E-state index contributed by atoms with van der Waals surface area (Å²) in [6.45, 7) is 1.31. The first kappa shape index (κ1) is 19.6. The third-order valence-electron chi connectivity index (χ3n) is 4.73. The zero-order chi connectivity index (χ0) is 19.9. The molecule has 1 amide bonds.